The first-order valence-corrected chi connectivity index (χ1v) is 5.23. The molecule has 1 N–H and O–H groups in total. The van der Waals surface area contributed by atoms with Gasteiger partial charge in [-0.1, -0.05) is 0 Å². The van der Waals surface area contributed by atoms with Gasteiger partial charge in [0.2, 0.25) is 0 Å². The fourth-order valence-corrected chi connectivity index (χ4v) is 1.75. The van der Waals surface area contributed by atoms with Crippen molar-refractivity contribution in [3.05, 3.63) is 0 Å². The summed E-state index contributed by atoms with van der Waals surface area (Å²) in [5, 5.41) is 8.50. The lowest BCUT2D eigenvalue weighted by Gasteiger charge is -2.32. The zero-order chi connectivity index (χ0) is 10.4. The Hall–Kier alpha value is -0.610. The maximum absolute atomic E-state index is 10.3. The van der Waals surface area contributed by atoms with E-state index in [1.807, 2.05) is 0 Å². The lowest BCUT2D eigenvalue weighted by atomic mass is 10.1. The molecule has 0 aromatic rings. The lowest BCUT2D eigenvalue weighted by Crippen LogP contribution is -2.42. The standard InChI is InChI=1S/C10H19NO3/c1-9(3-2-4-10(12)13)11-5-7-14-8-6-11/h9H,2-8H2,1H3,(H,12,13). The quantitative estimate of drug-likeness (QED) is 0.720. The van der Waals surface area contributed by atoms with E-state index < -0.39 is 5.97 Å². The fraction of sp³-hybridized carbons (Fsp3) is 0.900. The van der Waals surface area contributed by atoms with Crippen molar-refractivity contribution in [2.75, 3.05) is 26.3 Å². The van der Waals surface area contributed by atoms with Crippen LogP contribution in [0.25, 0.3) is 0 Å². The molecule has 14 heavy (non-hydrogen) atoms. The summed E-state index contributed by atoms with van der Waals surface area (Å²) in [6, 6.07) is 0.484. The van der Waals surface area contributed by atoms with Gasteiger partial charge < -0.3 is 9.84 Å². The van der Waals surface area contributed by atoms with Gasteiger partial charge in [-0.3, -0.25) is 9.69 Å². The summed E-state index contributed by atoms with van der Waals surface area (Å²) < 4.78 is 5.26. The summed E-state index contributed by atoms with van der Waals surface area (Å²) in [5.41, 5.74) is 0. The van der Waals surface area contributed by atoms with E-state index >= 15 is 0 Å². The van der Waals surface area contributed by atoms with E-state index in [1.54, 1.807) is 0 Å². The van der Waals surface area contributed by atoms with Crippen LogP contribution in [0.2, 0.25) is 0 Å². The second-order valence-corrected chi connectivity index (χ2v) is 3.78. The van der Waals surface area contributed by atoms with Gasteiger partial charge in [-0.05, 0) is 19.8 Å². The molecule has 0 aliphatic carbocycles. The number of carboxylic acids is 1. The third-order valence-corrected chi connectivity index (χ3v) is 2.68. The first-order chi connectivity index (χ1) is 6.70. The van der Waals surface area contributed by atoms with Gasteiger partial charge in [0.15, 0.2) is 0 Å². The molecule has 0 aromatic heterocycles. The van der Waals surface area contributed by atoms with Crippen LogP contribution in [-0.4, -0.2) is 48.3 Å². The number of nitrogens with zero attached hydrogens (tertiary/aromatic N) is 1. The van der Waals surface area contributed by atoms with Gasteiger partial charge in [-0.15, -0.1) is 0 Å². The largest absolute Gasteiger partial charge is 0.481 e. The Bertz CT molecular complexity index is 178. The second-order valence-electron chi connectivity index (χ2n) is 3.78. The van der Waals surface area contributed by atoms with Crippen molar-refractivity contribution in [3.63, 3.8) is 0 Å². The fourth-order valence-electron chi connectivity index (χ4n) is 1.75. The maximum Gasteiger partial charge on any atom is 0.303 e. The predicted molar refractivity (Wildman–Crippen MR) is 53.3 cm³/mol. The molecule has 0 amide bonds. The van der Waals surface area contributed by atoms with Crippen LogP contribution < -0.4 is 0 Å². The average molecular weight is 201 g/mol. The molecular formula is C10H19NO3. The van der Waals surface area contributed by atoms with Crippen LogP contribution in [0.5, 0.6) is 0 Å². The summed E-state index contributed by atoms with van der Waals surface area (Å²) in [6.07, 6.45) is 2.02. The van der Waals surface area contributed by atoms with Crippen molar-refractivity contribution < 1.29 is 14.6 Å². The minimum atomic E-state index is -0.695. The molecule has 1 atom stereocenters. The highest BCUT2D eigenvalue weighted by atomic mass is 16.5. The summed E-state index contributed by atoms with van der Waals surface area (Å²) in [5.74, 6) is -0.695. The minimum absolute atomic E-state index is 0.286. The van der Waals surface area contributed by atoms with E-state index in [0.29, 0.717) is 6.04 Å². The number of rotatable bonds is 5. The lowest BCUT2D eigenvalue weighted by molar-refractivity contribution is -0.137. The molecule has 1 rings (SSSR count). The van der Waals surface area contributed by atoms with E-state index in [0.717, 1.165) is 39.1 Å². The first-order valence-electron chi connectivity index (χ1n) is 5.23. The van der Waals surface area contributed by atoms with E-state index in [-0.39, 0.29) is 6.42 Å². The van der Waals surface area contributed by atoms with Crippen LogP contribution >= 0.6 is 0 Å². The van der Waals surface area contributed by atoms with Crippen molar-refractivity contribution in [3.8, 4) is 0 Å². The number of morpholine rings is 1. The molecule has 0 aromatic carbocycles. The smallest absolute Gasteiger partial charge is 0.303 e. The van der Waals surface area contributed by atoms with Crippen LogP contribution in [-0.2, 0) is 9.53 Å². The number of hydrogen-bond acceptors (Lipinski definition) is 3. The Balaban J connectivity index is 2.13. The number of carbonyl (C=O) groups is 1. The SMILES string of the molecule is CC(CCCC(=O)O)N1CCOCC1. The zero-order valence-corrected chi connectivity index (χ0v) is 8.74. The number of aliphatic carboxylic acids is 1. The normalized spacial score (nSPS) is 20.6. The molecule has 4 nitrogen and oxygen atoms in total. The Kier molecular flexibility index (Phi) is 4.90. The van der Waals surface area contributed by atoms with Crippen LogP contribution in [0.1, 0.15) is 26.2 Å². The van der Waals surface area contributed by atoms with Crippen molar-refractivity contribution in [1.82, 2.24) is 4.90 Å². The van der Waals surface area contributed by atoms with E-state index in [4.69, 9.17) is 9.84 Å². The molecule has 1 unspecified atom stereocenters. The average Bonchev–Trinajstić information content (AvgIpc) is 2.18. The van der Waals surface area contributed by atoms with Gasteiger partial charge in [0.1, 0.15) is 0 Å². The number of carboxylic acid groups (broad SMARTS) is 1. The molecule has 0 saturated carbocycles. The molecule has 1 saturated heterocycles. The Morgan fingerprint density at radius 3 is 2.71 bits per heavy atom. The molecule has 82 valence electrons. The molecule has 0 radical (unpaired) electrons. The van der Waals surface area contributed by atoms with Gasteiger partial charge in [0.25, 0.3) is 0 Å². The van der Waals surface area contributed by atoms with E-state index in [2.05, 4.69) is 11.8 Å². The van der Waals surface area contributed by atoms with Crippen LogP contribution in [0.4, 0.5) is 0 Å². The number of hydrogen-bond donors (Lipinski definition) is 1. The molecule has 0 bridgehead atoms. The minimum Gasteiger partial charge on any atom is -0.481 e. The third kappa shape index (κ3) is 4.07. The van der Waals surface area contributed by atoms with Gasteiger partial charge in [-0.25, -0.2) is 0 Å². The van der Waals surface area contributed by atoms with Gasteiger partial charge in [0.05, 0.1) is 13.2 Å². The summed E-state index contributed by atoms with van der Waals surface area (Å²) >= 11 is 0. The Morgan fingerprint density at radius 1 is 1.50 bits per heavy atom. The van der Waals surface area contributed by atoms with Crippen molar-refractivity contribution in [1.29, 1.82) is 0 Å². The van der Waals surface area contributed by atoms with Gasteiger partial charge >= 0.3 is 5.97 Å². The second kappa shape index (κ2) is 5.98. The Morgan fingerprint density at radius 2 is 2.14 bits per heavy atom. The highest BCUT2D eigenvalue weighted by Crippen LogP contribution is 2.10. The predicted octanol–water partition coefficient (Wildman–Crippen LogP) is 0.962. The molecule has 4 heteroatoms. The van der Waals surface area contributed by atoms with Crippen LogP contribution in [0, 0.1) is 0 Å². The highest BCUT2D eigenvalue weighted by molar-refractivity contribution is 5.66. The summed E-state index contributed by atoms with van der Waals surface area (Å²) in [7, 11) is 0. The molecule has 1 aliphatic rings. The molecule has 1 heterocycles. The van der Waals surface area contributed by atoms with E-state index in [1.165, 1.54) is 0 Å². The molecule has 0 spiro atoms. The maximum atomic E-state index is 10.3. The molecule has 1 aliphatic heterocycles. The van der Waals surface area contributed by atoms with Crippen molar-refractivity contribution in [2.45, 2.75) is 32.2 Å². The van der Waals surface area contributed by atoms with Gasteiger partial charge in [-0.2, -0.15) is 0 Å². The number of ether oxygens (including phenoxy) is 1. The third-order valence-electron chi connectivity index (χ3n) is 2.68. The van der Waals surface area contributed by atoms with Crippen molar-refractivity contribution >= 4 is 5.97 Å². The Labute approximate surface area is 84.8 Å². The summed E-state index contributed by atoms with van der Waals surface area (Å²) in [4.78, 5) is 12.7. The van der Waals surface area contributed by atoms with Crippen LogP contribution in [0.15, 0.2) is 0 Å². The molecule has 1 fully saturated rings. The highest BCUT2D eigenvalue weighted by Gasteiger charge is 2.16. The topological polar surface area (TPSA) is 49.8 Å². The van der Waals surface area contributed by atoms with Crippen molar-refractivity contribution in [2.24, 2.45) is 0 Å². The first kappa shape index (κ1) is 11.5. The summed E-state index contributed by atoms with van der Waals surface area (Å²) in [6.45, 7) is 5.74. The molecular weight excluding hydrogens is 182 g/mol. The van der Waals surface area contributed by atoms with Gasteiger partial charge in [0, 0.05) is 25.6 Å². The van der Waals surface area contributed by atoms with Crippen LogP contribution in [0.3, 0.4) is 0 Å². The monoisotopic (exact) mass is 201 g/mol. The van der Waals surface area contributed by atoms with E-state index in [9.17, 15) is 4.79 Å². The zero-order valence-electron chi connectivity index (χ0n) is 8.74.